The van der Waals surface area contributed by atoms with Gasteiger partial charge in [-0.25, -0.2) is 0 Å². The van der Waals surface area contributed by atoms with Gasteiger partial charge in [-0.1, -0.05) is 0 Å². The molecule has 1 fully saturated rings. The topological polar surface area (TPSA) is 12.5 Å². The third-order valence-corrected chi connectivity index (χ3v) is 2.92. The van der Waals surface area contributed by atoms with Crippen LogP contribution in [0.3, 0.4) is 0 Å². The van der Waals surface area contributed by atoms with E-state index in [2.05, 4.69) is 25.1 Å². The minimum absolute atomic E-state index is 0.343. The molecule has 1 rings (SSSR count). The van der Waals surface area contributed by atoms with Crippen LogP contribution in [0.1, 0.15) is 6.92 Å². The first-order valence-corrected chi connectivity index (χ1v) is 4.89. The van der Waals surface area contributed by atoms with Gasteiger partial charge < -0.3 is 4.74 Å². The molecule has 0 aliphatic carbocycles. The molecule has 0 aromatic heterocycles. The standard InChI is InChI=1S/C7H15NOS/c1-6(10-3)7-8(2)4-5-9-7/h6-7H,4-5H2,1-3H3/t6?,7-/m0/s1. The minimum Gasteiger partial charge on any atom is -0.361 e. The number of ether oxygens (including phenoxy) is 1. The Bertz CT molecular complexity index is 110. The summed E-state index contributed by atoms with van der Waals surface area (Å²) in [6.07, 6.45) is 2.47. The molecule has 0 saturated carbocycles. The van der Waals surface area contributed by atoms with E-state index in [0.29, 0.717) is 11.5 Å². The average Bonchev–Trinajstić information content (AvgIpc) is 2.34. The van der Waals surface area contributed by atoms with Gasteiger partial charge >= 0.3 is 0 Å². The molecular formula is C7H15NOS. The summed E-state index contributed by atoms with van der Waals surface area (Å²) in [6, 6.07) is 0. The maximum atomic E-state index is 5.52. The van der Waals surface area contributed by atoms with Crippen molar-refractivity contribution in [3.63, 3.8) is 0 Å². The van der Waals surface area contributed by atoms with Crippen LogP contribution in [0.2, 0.25) is 0 Å². The molecule has 1 heterocycles. The Kier molecular flexibility index (Phi) is 3.01. The van der Waals surface area contributed by atoms with E-state index in [1.54, 1.807) is 0 Å². The van der Waals surface area contributed by atoms with Gasteiger partial charge in [-0.2, -0.15) is 11.8 Å². The van der Waals surface area contributed by atoms with Gasteiger partial charge in [0.05, 0.1) is 6.61 Å². The Morgan fingerprint density at radius 3 is 2.80 bits per heavy atom. The first kappa shape index (κ1) is 8.37. The van der Waals surface area contributed by atoms with Crippen LogP contribution in [-0.4, -0.2) is 42.8 Å². The molecule has 1 aliphatic rings. The quantitative estimate of drug-likeness (QED) is 0.600. The summed E-state index contributed by atoms with van der Waals surface area (Å²) in [7, 11) is 2.12. The first-order valence-electron chi connectivity index (χ1n) is 3.60. The van der Waals surface area contributed by atoms with Crippen molar-refractivity contribution in [3.05, 3.63) is 0 Å². The number of rotatable bonds is 2. The Hall–Kier alpha value is 0.270. The second-order valence-corrected chi connectivity index (χ2v) is 3.90. The first-order chi connectivity index (χ1) is 4.75. The van der Waals surface area contributed by atoms with Crippen molar-refractivity contribution in [2.24, 2.45) is 0 Å². The van der Waals surface area contributed by atoms with Crippen LogP contribution in [0.5, 0.6) is 0 Å². The summed E-state index contributed by atoms with van der Waals surface area (Å²) in [5.74, 6) is 0. The smallest absolute Gasteiger partial charge is 0.122 e. The lowest BCUT2D eigenvalue weighted by atomic mass is 10.4. The fourth-order valence-corrected chi connectivity index (χ4v) is 1.70. The molecule has 0 N–H and O–H groups in total. The molecule has 3 heteroatoms. The molecule has 0 radical (unpaired) electrons. The monoisotopic (exact) mass is 161 g/mol. The molecule has 0 bridgehead atoms. The van der Waals surface area contributed by atoms with E-state index in [0.717, 1.165) is 13.2 Å². The van der Waals surface area contributed by atoms with E-state index < -0.39 is 0 Å². The lowest BCUT2D eigenvalue weighted by Crippen LogP contribution is -2.33. The maximum Gasteiger partial charge on any atom is 0.122 e. The molecule has 2 nitrogen and oxygen atoms in total. The van der Waals surface area contributed by atoms with Gasteiger partial charge in [0.1, 0.15) is 6.23 Å². The molecule has 0 amide bonds. The van der Waals surface area contributed by atoms with Crippen LogP contribution < -0.4 is 0 Å². The highest BCUT2D eigenvalue weighted by Gasteiger charge is 2.26. The number of likely N-dealkylation sites (N-methyl/N-ethyl adjacent to an activating group) is 1. The summed E-state index contributed by atoms with van der Waals surface area (Å²) in [4.78, 5) is 2.27. The number of nitrogens with zero attached hydrogens (tertiary/aromatic N) is 1. The fourth-order valence-electron chi connectivity index (χ4n) is 1.18. The molecule has 0 aromatic carbocycles. The summed E-state index contributed by atoms with van der Waals surface area (Å²) in [6.45, 7) is 4.18. The van der Waals surface area contributed by atoms with Gasteiger partial charge in [-0.05, 0) is 20.2 Å². The van der Waals surface area contributed by atoms with Gasteiger partial charge in [0.25, 0.3) is 0 Å². The molecule has 10 heavy (non-hydrogen) atoms. The van der Waals surface area contributed by atoms with Crippen LogP contribution in [0, 0.1) is 0 Å². The van der Waals surface area contributed by atoms with Crippen LogP contribution in [0.15, 0.2) is 0 Å². The highest BCUT2D eigenvalue weighted by molar-refractivity contribution is 7.99. The van der Waals surface area contributed by atoms with Crippen molar-refractivity contribution in [2.75, 3.05) is 26.5 Å². The predicted octanol–water partition coefficient (Wildman–Crippen LogP) is 1.03. The van der Waals surface area contributed by atoms with Crippen LogP contribution in [-0.2, 0) is 4.74 Å². The van der Waals surface area contributed by atoms with E-state index in [4.69, 9.17) is 4.74 Å². The zero-order valence-electron chi connectivity index (χ0n) is 6.83. The molecule has 1 aliphatic heterocycles. The Morgan fingerprint density at radius 2 is 2.40 bits per heavy atom. The van der Waals surface area contributed by atoms with Gasteiger partial charge in [0.2, 0.25) is 0 Å². The Balaban J connectivity index is 2.38. The fraction of sp³-hybridized carbons (Fsp3) is 1.00. The third-order valence-electron chi connectivity index (χ3n) is 1.94. The number of hydrogen-bond donors (Lipinski definition) is 0. The van der Waals surface area contributed by atoms with E-state index >= 15 is 0 Å². The van der Waals surface area contributed by atoms with Crippen LogP contribution in [0.25, 0.3) is 0 Å². The third kappa shape index (κ3) is 1.65. The SMILES string of the molecule is CSC(C)[C@@H]1OCCN1C. The largest absolute Gasteiger partial charge is 0.361 e. The normalized spacial score (nSPS) is 30.9. The van der Waals surface area contributed by atoms with Crippen molar-refractivity contribution >= 4 is 11.8 Å². The van der Waals surface area contributed by atoms with Crippen molar-refractivity contribution in [2.45, 2.75) is 18.4 Å². The van der Waals surface area contributed by atoms with E-state index in [9.17, 15) is 0 Å². The van der Waals surface area contributed by atoms with Crippen molar-refractivity contribution in [1.29, 1.82) is 0 Å². The van der Waals surface area contributed by atoms with E-state index in [1.807, 2.05) is 11.8 Å². The molecule has 0 spiro atoms. The number of thioether (sulfide) groups is 1. The van der Waals surface area contributed by atoms with Gasteiger partial charge in [0.15, 0.2) is 0 Å². The molecule has 0 aromatic rings. The minimum atomic E-state index is 0.343. The summed E-state index contributed by atoms with van der Waals surface area (Å²) >= 11 is 1.86. The number of hydrogen-bond acceptors (Lipinski definition) is 3. The van der Waals surface area contributed by atoms with Gasteiger partial charge in [-0.3, -0.25) is 4.90 Å². The lowest BCUT2D eigenvalue weighted by Gasteiger charge is -2.22. The maximum absolute atomic E-state index is 5.52. The van der Waals surface area contributed by atoms with E-state index in [-0.39, 0.29) is 0 Å². The molecule has 1 saturated heterocycles. The molecule has 2 atom stereocenters. The van der Waals surface area contributed by atoms with Crippen LogP contribution in [0.4, 0.5) is 0 Å². The molecule has 1 unspecified atom stereocenters. The average molecular weight is 161 g/mol. The van der Waals surface area contributed by atoms with E-state index in [1.165, 1.54) is 0 Å². The zero-order chi connectivity index (χ0) is 7.56. The zero-order valence-corrected chi connectivity index (χ0v) is 7.65. The van der Waals surface area contributed by atoms with Crippen molar-refractivity contribution in [1.82, 2.24) is 4.90 Å². The Labute approximate surface area is 66.9 Å². The lowest BCUT2D eigenvalue weighted by molar-refractivity contribution is 0.0482. The highest BCUT2D eigenvalue weighted by atomic mass is 32.2. The summed E-state index contributed by atoms with van der Waals surface area (Å²) in [5.41, 5.74) is 0. The molecule has 60 valence electrons. The molecular weight excluding hydrogens is 146 g/mol. The van der Waals surface area contributed by atoms with Gasteiger partial charge in [0, 0.05) is 11.8 Å². The highest BCUT2D eigenvalue weighted by Crippen LogP contribution is 2.19. The van der Waals surface area contributed by atoms with Gasteiger partial charge in [-0.15, -0.1) is 0 Å². The van der Waals surface area contributed by atoms with Crippen molar-refractivity contribution < 1.29 is 4.74 Å². The van der Waals surface area contributed by atoms with Crippen molar-refractivity contribution in [3.8, 4) is 0 Å². The Morgan fingerprint density at radius 1 is 1.70 bits per heavy atom. The summed E-state index contributed by atoms with van der Waals surface area (Å²) < 4.78 is 5.52. The second-order valence-electron chi connectivity index (χ2n) is 2.68. The second kappa shape index (κ2) is 3.60. The van der Waals surface area contributed by atoms with Crippen LogP contribution >= 0.6 is 11.8 Å². The summed E-state index contributed by atoms with van der Waals surface area (Å²) in [5, 5.41) is 0.590. The predicted molar refractivity (Wildman–Crippen MR) is 45.3 cm³/mol.